The van der Waals surface area contributed by atoms with Crippen molar-refractivity contribution in [2.45, 2.75) is 33.3 Å². The molecule has 1 aliphatic rings. The number of rotatable bonds is 9. The first-order valence-electron chi connectivity index (χ1n) is 8.89. The number of hydrogen-bond donors (Lipinski definition) is 1. The number of aliphatic carboxylic acids is 1. The molecule has 0 aromatic heterocycles. The van der Waals surface area contributed by atoms with Gasteiger partial charge in [-0.3, -0.25) is 0 Å². The molecule has 0 aromatic rings. The van der Waals surface area contributed by atoms with Crippen molar-refractivity contribution < 1.29 is 43.2 Å². The van der Waals surface area contributed by atoms with Crippen molar-refractivity contribution in [1.82, 2.24) is 0 Å². The summed E-state index contributed by atoms with van der Waals surface area (Å²) in [5.41, 5.74) is 0.850. The molecular weight excluding hydrogens is 396 g/mol. The molecule has 1 aliphatic heterocycles. The van der Waals surface area contributed by atoms with Gasteiger partial charge in [0.2, 0.25) is 0 Å². The molecule has 1 atom stereocenters. The maximum absolute atomic E-state index is 11.3. The Balaban J connectivity index is 0. The molecule has 1 unspecified atom stereocenters. The van der Waals surface area contributed by atoms with Crippen molar-refractivity contribution >= 4 is 23.9 Å². The minimum Gasteiger partial charge on any atom is -0.478 e. The first kappa shape index (κ1) is 29.0. The van der Waals surface area contributed by atoms with Crippen LogP contribution in [-0.4, -0.2) is 62.0 Å². The molecule has 0 spiro atoms. The lowest BCUT2D eigenvalue weighted by atomic mass is 10.1. The van der Waals surface area contributed by atoms with E-state index >= 15 is 0 Å². The van der Waals surface area contributed by atoms with Crippen molar-refractivity contribution in [2.75, 3.05) is 26.9 Å². The molecule has 1 N–H and O–H groups in total. The highest BCUT2D eigenvalue weighted by atomic mass is 16.6. The Kier molecular flexibility index (Phi) is 16.2. The predicted octanol–water partition coefficient (Wildman–Crippen LogP) is 2.38. The Morgan fingerprint density at radius 2 is 1.70 bits per heavy atom. The van der Waals surface area contributed by atoms with Gasteiger partial charge in [-0.05, 0) is 27.2 Å². The molecule has 168 valence electrons. The molecule has 0 saturated carbocycles. The van der Waals surface area contributed by atoms with Crippen LogP contribution in [0.3, 0.4) is 0 Å². The maximum Gasteiger partial charge on any atom is 0.333 e. The summed E-state index contributed by atoms with van der Waals surface area (Å²) in [4.78, 5) is 42.0. The zero-order chi connectivity index (χ0) is 23.7. The van der Waals surface area contributed by atoms with Crippen molar-refractivity contribution in [3.05, 3.63) is 48.6 Å². The van der Waals surface area contributed by atoms with Crippen molar-refractivity contribution in [1.29, 1.82) is 0 Å². The Morgan fingerprint density at radius 3 is 2.00 bits per heavy atom. The first-order valence-corrected chi connectivity index (χ1v) is 8.89. The first-order chi connectivity index (χ1) is 14.0. The number of methoxy groups -OCH3 is 1. The van der Waals surface area contributed by atoms with Gasteiger partial charge < -0.3 is 24.1 Å². The average molecular weight is 426 g/mol. The number of ether oxygens (including phenoxy) is 4. The quantitative estimate of drug-likeness (QED) is 0.256. The predicted molar refractivity (Wildman–Crippen MR) is 110 cm³/mol. The zero-order valence-electron chi connectivity index (χ0n) is 17.9. The fraction of sp³-hybridized carbons (Fsp3) is 0.429. The molecule has 0 aliphatic carbocycles. The van der Waals surface area contributed by atoms with Gasteiger partial charge in [-0.15, -0.1) is 0 Å². The fourth-order valence-corrected chi connectivity index (χ4v) is 1.26. The van der Waals surface area contributed by atoms with Gasteiger partial charge in [0.05, 0.1) is 20.3 Å². The number of carbonyl (C=O) groups is 4. The van der Waals surface area contributed by atoms with E-state index in [-0.39, 0.29) is 42.2 Å². The summed E-state index contributed by atoms with van der Waals surface area (Å²) in [6.07, 6.45) is 2.78. The second-order valence-corrected chi connectivity index (χ2v) is 5.78. The summed E-state index contributed by atoms with van der Waals surface area (Å²) in [6, 6.07) is 0. The van der Waals surface area contributed by atoms with Crippen LogP contribution in [0.2, 0.25) is 0 Å². The molecule has 1 rings (SSSR count). The normalized spacial score (nSPS) is 13.7. The number of carboxylic acid groups (broad SMARTS) is 1. The third kappa shape index (κ3) is 16.9. The molecule has 1 heterocycles. The third-order valence-corrected chi connectivity index (χ3v) is 3.07. The van der Waals surface area contributed by atoms with Crippen LogP contribution in [0.25, 0.3) is 0 Å². The lowest BCUT2D eigenvalue weighted by Crippen LogP contribution is -2.11. The number of allylic oxidation sites excluding steroid dienone is 1. The van der Waals surface area contributed by atoms with Crippen LogP contribution in [0.4, 0.5) is 0 Å². The molecule has 0 radical (unpaired) electrons. The molecule has 1 fully saturated rings. The van der Waals surface area contributed by atoms with E-state index in [1.165, 1.54) is 20.1 Å². The van der Waals surface area contributed by atoms with Gasteiger partial charge in [-0.25, -0.2) is 19.2 Å². The van der Waals surface area contributed by atoms with Crippen molar-refractivity contribution in [3.63, 3.8) is 0 Å². The molecule has 0 aromatic carbocycles. The van der Waals surface area contributed by atoms with Crippen LogP contribution in [0.5, 0.6) is 0 Å². The Hall–Kier alpha value is -3.20. The van der Waals surface area contributed by atoms with E-state index in [9.17, 15) is 19.2 Å². The second kappa shape index (κ2) is 16.7. The molecule has 0 bridgehead atoms. The van der Waals surface area contributed by atoms with Gasteiger partial charge in [-0.1, -0.05) is 25.8 Å². The summed E-state index contributed by atoms with van der Waals surface area (Å²) in [7, 11) is 1.33. The SMILES string of the molecule is C=C(C)C(=O)OC.C=C(CC=C(C)C(=O)O)C(=O)OCC1CO1.C=CC(=O)OCC. The number of esters is 3. The largest absolute Gasteiger partial charge is 0.478 e. The van der Waals surface area contributed by atoms with E-state index in [1.54, 1.807) is 13.8 Å². The second-order valence-electron chi connectivity index (χ2n) is 5.78. The van der Waals surface area contributed by atoms with Crippen LogP contribution in [0, 0.1) is 0 Å². The van der Waals surface area contributed by atoms with Crippen LogP contribution in [-0.2, 0) is 38.1 Å². The summed E-state index contributed by atoms with van der Waals surface area (Å²) in [6.45, 7) is 16.2. The lowest BCUT2D eigenvalue weighted by Gasteiger charge is -2.03. The topological polar surface area (TPSA) is 129 Å². The van der Waals surface area contributed by atoms with E-state index in [0.29, 0.717) is 18.8 Å². The maximum atomic E-state index is 11.3. The van der Waals surface area contributed by atoms with Gasteiger partial charge in [-0.2, -0.15) is 0 Å². The van der Waals surface area contributed by atoms with E-state index in [0.717, 1.165) is 6.08 Å². The molecule has 0 amide bonds. The van der Waals surface area contributed by atoms with Gasteiger partial charge in [0.15, 0.2) is 0 Å². The fourth-order valence-electron chi connectivity index (χ4n) is 1.26. The van der Waals surface area contributed by atoms with Crippen LogP contribution < -0.4 is 0 Å². The van der Waals surface area contributed by atoms with Crippen LogP contribution in [0.1, 0.15) is 27.2 Å². The molecular formula is C21H30O9. The highest BCUT2D eigenvalue weighted by molar-refractivity contribution is 5.89. The third-order valence-electron chi connectivity index (χ3n) is 3.07. The standard InChI is InChI=1S/C11H14O5.2C5H8O2/c1-7(10(12)13)3-4-8(2)11(14)16-6-9-5-15-9;1-4(2)5(6)7-3;1-3-5(6)7-4-2/h3,9H,2,4-6H2,1H3,(H,12,13);1H2,2-3H3;3H,1,4H2,2H3. The lowest BCUT2D eigenvalue weighted by molar-refractivity contribution is -0.140. The monoisotopic (exact) mass is 426 g/mol. The van der Waals surface area contributed by atoms with Crippen molar-refractivity contribution in [2.24, 2.45) is 0 Å². The number of carbonyl (C=O) groups excluding carboxylic acids is 3. The number of hydrogen-bond acceptors (Lipinski definition) is 8. The highest BCUT2D eigenvalue weighted by Crippen LogP contribution is 2.11. The molecule has 30 heavy (non-hydrogen) atoms. The van der Waals surface area contributed by atoms with Gasteiger partial charge in [0, 0.05) is 22.8 Å². The van der Waals surface area contributed by atoms with Gasteiger partial charge >= 0.3 is 23.9 Å². The Morgan fingerprint density at radius 1 is 1.13 bits per heavy atom. The summed E-state index contributed by atoms with van der Waals surface area (Å²) in [5, 5.41) is 8.59. The smallest absolute Gasteiger partial charge is 0.333 e. The van der Waals surface area contributed by atoms with Crippen LogP contribution in [0.15, 0.2) is 48.6 Å². The van der Waals surface area contributed by atoms with Gasteiger partial charge in [0.25, 0.3) is 0 Å². The summed E-state index contributed by atoms with van der Waals surface area (Å²) in [5.74, 6) is -2.22. The van der Waals surface area contributed by atoms with Crippen molar-refractivity contribution in [3.8, 4) is 0 Å². The molecule has 9 heteroatoms. The van der Waals surface area contributed by atoms with E-state index < -0.39 is 11.9 Å². The molecule has 9 nitrogen and oxygen atoms in total. The summed E-state index contributed by atoms with van der Waals surface area (Å²) >= 11 is 0. The van der Waals surface area contributed by atoms with E-state index in [1.807, 2.05) is 0 Å². The molecule has 1 saturated heterocycles. The van der Waals surface area contributed by atoms with E-state index in [2.05, 4.69) is 29.2 Å². The van der Waals surface area contributed by atoms with Crippen LogP contribution >= 0.6 is 0 Å². The minimum atomic E-state index is -1.01. The minimum absolute atomic E-state index is 0.0213. The Bertz CT molecular complexity index is 668. The zero-order valence-corrected chi connectivity index (χ0v) is 17.9. The summed E-state index contributed by atoms with van der Waals surface area (Å²) < 4.78 is 18.5. The number of carboxylic acids is 1. The highest BCUT2D eigenvalue weighted by Gasteiger charge is 2.24. The van der Waals surface area contributed by atoms with E-state index in [4.69, 9.17) is 14.6 Å². The number of epoxide rings is 1. The van der Waals surface area contributed by atoms with Gasteiger partial charge in [0.1, 0.15) is 12.7 Å². The average Bonchev–Trinajstić information content (AvgIpc) is 3.54. The Labute approximate surface area is 176 Å².